The molecule has 0 radical (unpaired) electrons. The lowest BCUT2D eigenvalue weighted by Crippen LogP contribution is -2.59. The van der Waals surface area contributed by atoms with Crippen molar-refractivity contribution in [1.29, 1.82) is 0 Å². The molecule has 12 nitrogen and oxygen atoms in total. The molecule has 2 fully saturated rings. The Bertz CT molecular complexity index is 1370. The van der Waals surface area contributed by atoms with Crippen molar-refractivity contribution in [2.75, 3.05) is 50.2 Å². The summed E-state index contributed by atoms with van der Waals surface area (Å²) in [4.78, 5) is 33.5. The second-order valence-electron chi connectivity index (χ2n) is 11.0. The third-order valence-corrected chi connectivity index (χ3v) is 7.27. The molecular weight excluding hydrogens is 526 g/mol. The maximum Gasteiger partial charge on any atom is 0.407 e. The number of rotatable bonds is 6. The Morgan fingerprint density at radius 1 is 1.12 bits per heavy atom. The number of imidazole rings is 1. The van der Waals surface area contributed by atoms with Crippen molar-refractivity contribution in [3.05, 3.63) is 24.0 Å². The summed E-state index contributed by atoms with van der Waals surface area (Å²) in [6.45, 7) is 8.38. The summed E-state index contributed by atoms with van der Waals surface area (Å²) in [6.07, 6.45) is -2.55. The van der Waals surface area contributed by atoms with Crippen LogP contribution in [0.2, 0.25) is 0 Å². The van der Waals surface area contributed by atoms with E-state index in [1.165, 1.54) is 16.6 Å². The van der Waals surface area contributed by atoms with Crippen molar-refractivity contribution in [3.8, 4) is 11.7 Å². The smallest absolute Gasteiger partial charge is 0.407 e. The third-order valence-electron chi connectivity index (χ3n) is 7.27. The highest BCUT2D eigenvalue weighted by Gasteiger charge is 2.42. The number of likely N-dealkylation sites (tertiary alicyclic amines) is 1. The predicted molar refractivity (Wildman–Crippen MR) is 144 cm³/mol. The minimum Gasteiger partial charge on any atom is -0.494 e. The number of anilines is 2. The first kappa shape index (κ1) is 27.7. The highest BCUT2D eigenvalue weighted by atomic mass is 19.3. The van der Waals surface area contributed by atoms with E-state index < -0.39 is 18.3 Å². The van der Waals surface area contributed by atoms with Crippen LogP contribution in [-0.2, 0) is 4.74 Å². The number of para-hydroxylation sites is 1. The van der Waals surface area contributed by atoms with Gasteiger partial charge >= 0.3 is 6.09 Å². The number of halogens is 2. The van der Waals surface area contributed by atoms with E-state index in [1.807, 2.05) is 25.7 Å². The summed E-state index contributed by atoms with van der Waals surface area (Å²) in [7, 11) is 1.45. The maximum absolute atomic E-state index is 14.3. The number of fused-ring (bicyclic) bond motifs is 1. The topological polar surface area (TPSA) is 131 Å². The molecule has 2 aromatic heterocycles. The van der Waals surface area contributed by atoms with Crippen LogP contribution in [0.25, 0.3) is 17.0 Å². The van der Waals surface area contributed by atoms with Gasteiger partial charge in [-0.25, -0.2) is 18.6 Å². The van der Waals surface area contributed by atoms with Crippen molar-refractivity contribution in [3.63, 3.8) is 0 Å². The highest BCUT2D eigenvalue weighted by molar-refractivity contribution is 5.84. The SMILES string of the molecule is COc1cccc2c1nc(C(F)F)n2-c1nc(N[C@H]2CCCN(C(=O)O)C2C(C)(C)C)nc(N2CCOCC2)n1. The molecule has 3 aromatic rings. The van der Waals surface area contributed by atoms with Crippen LogP contribution in [0.15, 0.2) is 18.2 Å². The zero-order valence-corrected chi connectivity index (χ0v) is 23.0. The number of methoxy groups -OCH3 is 1. The van der Waals surface area contributed by atoms with Gasteiger partial charge in [-0.3, -0.25) is 4.57 Å². The lowest BCUT2D eigenvalue weighted by molar-refractivity contribution is 0.0517. The van der Waals surface area contributed by atoms with Crippen LogP contribution in [0.5, 0.6) is 5.75 Å². The highest BCUT2D eigenvalue weighted by Crippen LogP contribution is 2.35. The Labute approximate surface area is 230 Å². The zero-order chi connectivity index (χ0) is 28.6. The molecule has 1 aromatic carbocycles. The van der Waals surface area contributed by atoms with Gasteiger partial charge in [0.05, 0.1) is 37.9 Å². The number of nitrogens with zero attached hydrogens (tertiary/aromatic N) is 7. The normalized spacial score (nSPS) is 20.3. The van der Waals surface area contributed by atoms with E-state index in [0.717, 1.165) is 0 Å². The number of piperidine rings is 1. The summed E-state index contributed by atoms with van der Waals surface area (Å²) in [5, 5.41) is 13.3. The van der Waals surface area contributed by atoms with Gasteiger partial charge in [0.25, 0.3) is 6.43 Å². The van der Waals surface area contributed by atoms with Crippen molar-refractivity contribution >= 4 is 29.0 Å². The number of carboxylic acid groups (broad SMARTS) is 1. The van der Waals surface area contributed by atoms with E-state index in [0.29, 0.717) is 62.9 Å². The van der Waals surface area contributed by atoms with Gasteiger partial charge in [0.1, 0.15) is 11.3 Å². The Kier molecular flexibility index (Phi) is 7.62. The van der Waals surface area contributed by atoms with Crippen LogP contribution in [0, 0.1) is 5.41 Å². The second kappa shape index (κ2) is 11.0. The molecule has 1 unspecified atom stereocenters. The maximum atomic E-state index is 14.3. The van der Waals surface area contributed by atoms with Crippen LogP contribution >= 0.6 is 0 Å². The van der Waals surface area contributed by atoms with Gasteiger partial charge in [-0.15, -0.1) is 0 Å². The first-order valence-electron chi connectivity index (χ1n) is 13.3. The minimum absolute atomic E-state index is 0.0248. The molecule has 40 heavy (non-hydrogen) atoms. The Balaban J connectivity index is 1.64. The molecular formula is C26H34F2N8O4. The van der Waals surface area contributed by atoms with Crippen LogP contribution in [0.4, 0.5) is 25.5 Å². The minimum atomic E-state index is -2.91. The van der Waals surface area contributed by atoms with E-state index >= 15 is 0 Å². The number of carbonyl (C=O) groups is 1. The fourth-order valence-electron chi connectivity index (χ4n) is 5.63. The summed E-state index contributed by atoms with van der Waals surface area (Å²) < 4.78 is 40.7. The van der Waals surface area contributed by atoms with Crippen molar-refractivity contribution in [2.24, 2.45) is 5.41 Å². The molecule has 14 heteroatoms. The fourth-order valence-corrected chi connectivity index (χ4v) is 5.63. The number of ether oxygens (including phenoxy) is 2. The fraction of sp³-hybridized carbons (Fsp3) is 0.577. The van der Waals surface area contributed by atoms with Gasteiger partial charge in [-0.1, -0.05) is 26.8 Å². The predicted octanol–water partition coefficient (Wildman–Crippen LogP) is 3.96. The molecule has 0 aliphatic carbocycles. The summed E-state index contributed by atoms with van der Waals surface area (Å²) >= 11 is 0. The van der Waals surface area contributed by atoms with Crippen LogP contribution in [0.3, 0.4) is 0 Å². The van der Waals surface area contributed by atoms with Gasteiger partial charge in [0.2, 0.25) is 17.8 Å². The van der Waals surface area contributed by atoms with Crippen molar-refractivity contribution < 1.29 is 28.2 Å². The lowest BCUT2D eigenvalue weighted by atomic mass is 9.77. The zero-order valence-electron chi connectivity index (χ0n) is 23.0. The van der Waals surface area contributed by atoms with Gasteiger partial charge < -0.3 is 29.7 Å². The van der Waals surface area contributed by atoms with Gasteiger partial charge in [0.15, 0.2) is 5.82 Å². The van der Waals surface area contributed by atoms with E-state index in [1.54, 1.807) is 18.2 Å². The molecule has 2 aliphatic rings. The van der Waals surface area contributed by atoms with E-state index in [2.05, 4.69) is 25.3 Å². The molecule has 0 saturated carbocycles. The lowest BCUT2D eigenvalue weighted by Gasteiger charge is -2.46. The quantitative estimate of drug-likeness (QED) is 0.457. The summed E-state index contributed by atoms with van der Waals surface area (Å²) in [5.74, 6) is 0.278. The molecule has 2 atom stereocenters. The first-order valence-corrected chi connectivity index (χ1v) is 13.3. The van der Waals surface area contributed by atoms with Gasteiger partial charge in [0, 0.05) is 19.6 Å². The number of aromatic nitrogens is 5. The van der Waals surface area contributed by atoms with Gasteiger partial charge in [-0.05, 0) is 30.4 Å². The molecule has 5 rings (SSSR count). The number of alkyl halides is 2. The largest absolute Gasteiger partial charge is 0.494 e. The third kappa shape index (κ3) is 5.31. The molecule has 0 spiro atoms. The number of nitrogens with one attached hydrogen (secondary N) is 1. The molecule has 1 amide bonds. The Morgan fingerprint density at radius 3 is 2.50 bits per heavy atom. The van der Waals surface area contributed by atoms with Gasteiger partial charge in [-0.2, -0.15) is 15.0 Å². The number of benzene rings is 1. The molecule has 2 N–H and O–H groups in total. The van der Waals surface area contributed by atoms with E-state index in [4.69, 9.17) is 9.47 Å². The van der Waals surface area contributed by atoms with Crippen molar-refractivity contribution in [2.45, 2.75) is 52.1 Å². The van der Waals surface area contributed by atoms with Crippen LogP contribution < -0.4 is 15.0 Å². The first-order chi connectivity index (χ1) is 19.1. The van der Waals surface area contributed by atoms with E-state index in [-0.39, 0.29) is 34.9 Å². The second-order valence-corrected chi connectivity index (χ2v) is 11.0. The molecule has 216 valence electrons. The van der Waals surface area contributed by atoms with Crippen LogP contribution in [0.1, 0.15) is 45.9 Å². The van der Waals surface area contributed by atoms with Crippen molar-refractivity contribution in [1.82, 2.24) is 29.4 Å². The molecule has 0 bridgehead atoms. The standard InChI is InChI=1S/C26H34F2N8O4/c1-26(2,3)19-15(7-6-10-35(19)25(37)38)29-22-31-23(34-11-13-40-14-12-34)33-24(32-22)36-16-8-5-9-17(39-4)18(16)30-21(36)20(27)28/h5,8-9,15,19-20H,6-7,10-14H2,1-4H3,(H,37,38)(H,29,31,32,33)/t15-,19?/m0/s1. The average molecular weight is 561 g/mol. The molecule has 2 saturated heterocycles. The number of hydrogen-bond donors (Lipinski definition) is 2. The number of hydrogen-bond acceptors (Lipinski definition) is 9. The monoisotopic (exact) mass is 560 g/mol. The van der Waals surface area contributed by atoms with E-state index in [9.17, 15) is 18.7 Å². The number of morpholine rings is 1. The number of amides is 1. The Hall–Kier alpha value is -3.81. The Morgan fingerprint density at radius 2 is 1.85 bits per heavy atom. The molecule has 2 aliphatic heterocycles. The average Bonchev–Trinajstić information content (AvgIpc) is 3.33. The van der Waals surface area contributed by atoms with Crippen LogP contribution in [-0.4, -0.2) is 92.6 Å². The molecule has 4 heterocycles. The summed E-state index contributed by atoms with van der Waals surface area (Å²) in [5.41, 5.74) is 0.238. The summed E-state index contributed by atoms with van der Waals surface area (Å²) in [6, 6.07) is 4.31.